The number of aromatic nitrogens is 2. The van der Waals surface area contributed by atoms with Crippen LogP contribution in [-0.2, 0) is 11.3 Å². The van der Waals surface area contributed by atoms with Crippen molar-refractivity contribution in [1.29, 1.82) is 0 Å². The van der Waals surface area contributed by atoms with Gasteiger partial charge in [-0.2, -0.15) is 0 Å². The van der Waals surface area contributed by atoms with Gasteiger partial charge in [-0.3, -0.25) is 14.4 Å². The van der Waals surface area contributed by atoms with Crippen LogP contribution in [0.4, 0.5) is 8.78 Å². The third-order valence-electron chi connectivity index (χ3n) is 8.64. The van der Waals surface area contributed by atoms with Crippen molar-refractivity contribution in [3.63, 3.8) is 0 Å². The molecular formula is C30H36F2N4O3S. The van der Waals surface area contributed by atoms with Gasteiger partial charge in [0.1, 0.15) is 0 Å². The minimum Gasteiger partial charge on any atom is -0.348 e. The van der Waals surface area contributed by atoms with Crippen molar-refractivity contribution in [3.05, 3.63) is 63.2 Å². The molecule has 2 N–H and O–H groups in total. The van der Waals surface area contributed by atoms with Crippen molar-refractivity contribution in [2.45, 2.75) is 69.9 Å². The monoisotopic (exact) mass is 570 g/mol. The van der Waals surface area contributed by atoms with Crippen molar-refractivity contribution < 1.29 is 18.4 Å². The molecule has 1 aromatic carbocycles. The minimum absolute atomic E-state index is 0.0692. The number of aromatic amines is 1. The summed E-state index contributed by atoms with van der Waals surface area (Å²) in [6, 6.07) is 9.81. The topological polar surface area (TPSA) is 87.2 Å². The molecule has 0 bridgehead atoms. The number of piperidine rings is 1. The number of H-pyrrole nitrogens is 1. The first-order valence-electron chi connectivity index (χ1n) is 13.8. The molecule has 2 aliphatic rings. The molecule has 40 heavy (non-hydrogen) atoms. The number of rotatable bonds is 7. The number of aryl methyl sites for hydroxylation is 1. The Balaban J connectivity index is 1.33. The number of amides is 2. The lowest BCUT2D eigenvalue weighted by Gasteiger charge is -2.41. The molecule has 214 valence electrons. The molecule has 0 radical (unpaired) electrons. The number of halogens is 2. The van der Waals surface area contributed by atoms with Crippen LogP contribution in [0.5, 0.6) is 0 Å². The minimum atomic E-state index is -2.70. The molecule has 3 aromatic rings. The Morgan fingerprint density at radius 2 is 1.85 bits per heavy atom. The second kappa shape index (κ2) is 11.0. The predicted molar refractivity (Wildman–Crippen MR) is 153 cm³/mol. The molecule has 1 saturated carbocycles. The molecule has 10 heteroatoms. The molecule has 3 heterocycles. The Morgan fingerprint density at radius 3 is 2.50 bits per heavy atom. The fourth-order valence-corrected chi connectivity index (χ4v) is 7.11. The molecule has 1 atom stereocenters. The number of alkyl halides is 2. The van der Waals surface area contributed by atoms with Crippen LogP contribution in [0.15, 0.2) is 40.0 Å². The second-order valence-electron chi connectivity index (χ2n) is 11.2. The van der Waals surface area contributed by atoms with Gasteiger partial charge < -0.3 is 19.8 Å². The average Bonchev–Trinajstić information content (AvgIpc) is 3.21. The number of nitrogens with one attached hydrogen (secondary N) is 2. The first kappa shape index (κ1) is 28.4. The van der Waals surface area contributed by atoms with E-state index >= 15 is 0 Å². The molecule has 0 spiro atoms. The Morgan fingerprint density at radius 1 is 1.18 bits per heavy atom. The first-order valence-corrected chi connectivity index (χ1v) is 15.0. The van der Waals surface area contributed by atoms with Gasteiger partial charge in [0.15, 0.2) is 0 Å². The molecule has 1 saturated heterocycles. The SMILES string of the molecule is CSc1cc(C)[nH]c(=O)c1CNC(=O)c1c(C)n(C(C)C2CCN(C(=O)C3CC(F)(F)C3)CC2)c2ccccc12. The van der Waals surface area contributed by atoms with E-state index in [0.717, 1.165) is 40.0 Å². The summed E-state index contributed by atoms with van der Waals surface area (Å²) < 4.78 is 28.8. The number of carbonyl (C=O) groups is 2. The van der Waals surface area contributed by atoms with E-state index in [0.29, 0.717) is 24.2 Å². The smallest absolute Gasteiger partial charge is 0.254 e. The van der Waals surface area contributed by atoms with Crippen molar-refractivity contribution in [2.75, 3.05) is 19.3 Å². The maximum absolute atomic E-state index is 13.6. The van der Waals surface area contributed by atoms with Crippen molar-refractivity contribution in [1.82, 2.24) is 19.8 Å². The highest BCUT2D eigenvalue weighted by molar-refractivity contribution is 7.98. The van der Waals surface area contributed by atoms with E-state index in [1.165, 1.54) is 11.8 Å². The number of thioether (sulfide) groups is 1. The van der Waals surface area contributed by atoms with Gasteiger partial charge in [0, 0.05) is 77.2 Å². The van der Waals surface area contributed by atoms with Crippen LogP contribution < -0.4 is 10.9 Å². The van der Waals surface area contributed by atoms with Crippen LogP contribution in [-0.4, -0.2) is 51.5 Å². The molecule has 1 unspecified atom stereocenters. The number of fused-ring (bicyclic) bond motifs is 1. The largest absolute Gasteiger partial charge is 0.348 e. The molecule has 1 aliphatic heterocycles. The summed E-state index contributed by atoms with van der Waals surface area (Å²) in [6.45, 7) is 7.17. The van der Waals surface area contributed by atoms with Gasteiger partial charge >= 0.3 is 0 Å². The van der Waals surface area contributed by atoms with Crippen molar-refractivity contribution in [2.24, 2.45) is 11.8 Å². The molecule has 1 aliphatic carbocycles. The van der Waals surface area contributed by atoms with E-state index in [9.17, 15) is 23.2 Å². The Labute approximate surface area is 236 Å². The van der Waals surface area contributed by atoms with Crippen LogP contribution in [0.1, 0.15) is 66.0 Å². The van der Waals surface area contributed by atoms with Gasteiger partial charge in [-0.05, 0) is 57.9 Å². The van der Waals surface area contributed by atoms with Crippen LogP contribution in [0, 0.1) is 25.7 Å². The highest BCUT2D eigenvalue weighted by Crippen LogP contribution is 2.44. The van der Waals surface area contributed by atoms with E-state index < -0.39 is 11.8 Å². The quantitative estimate of drug-likeness (QED) is 0.370. The Kier molecular flexibility index (Phi) is 7.83. The lowest BCUT2D eigenvalue weighted by Crippen LogP contribution is -2.49. The predicted octanol–water partition coefficient (Wildman–Crippen LogP) is 5.44. The number of likely N-dealkylation sites (tertiary alicyclic amines) is 1. The van der Waals surface area contributed by atoms with Gasteiger partial charge in [0.2, 0.25) is 11.8 Å². The summed E-state index contributed by atoms with van der Waals surface area (Å²) in [7, 11) is 0. The zero-order valence-electron chi connectivity index (χ0n) is 23.4. The fourth-order valence-electron chi connectivity index (χ4n) is 6.40. The van der Waals surface area contributed by atoms with Crippen molar-refractivity contribution in [3.8, 4) is 0 Å². The van der Waals surface area contributed by atoms with Crippen LogP contribution in [0.3, 0.4) is 0 Å². The highest BCUT2D eigenvalue weighted by atomic mass is 32.2. The number of nitrogens with zero attached hydrogens (tertiary/aromatic N) is 2. The van der Waals surface area contributed by atoms with E-state index in [1.807, 2.05) is 50.4 Å². The number of hydrogen-bond donors (Lipinski definition) is 2. The normalized spacial score (nSPS) is 18.5. The van der Waals surface area contributed by atoms with Crippen LogP contribution >= 0.6 is 11.8 Å². The summed E-state index contributed by atoms with van der Waals surface area (Å²) in [5.41, 5.74) is 3.52. The summed E-state index contributed by atoms with van der Waals surface area (Å²) in [4.78, 5) is 44.2. The third kappa shape index (κ3) is 5.30. The Bertz CT molecular complexity index is 1500. The van der Waals surface area contributed by atoms with Crippen LogP contribution in [0.2, 0.25) is 0 Å². The van der Waals surface area contributed by atoms with E-state index in [1.54, 1.807) is 4.90 Å². The standard InChI is InChI=1S/C30H36F2N4O3S/c1-17-13-25(40-4)23(27(37)34-17)16-33-28(38)26-19(3)36(24-8-6-5-7-22(24)26)18(2)20-9-11-35(12-10-20)29(39)21-14-30(31,32)15-21/h5-8,13,18,20-21H,9-12,14-16H2,1-4H3,(H,33,38)(H,34,37). The highest BCUT2D eigenvalue weighted by Gasteiger charge is 2.50. The molecule has 2 fully saturated rings. The van der Waals surface area contributed by atoms with Gasteiger partial charge in [0.25, 0.3) is 11.5 Å². The maximum atomic E-state index is 13.6. The van der Waals surface area contributed by atoms with Crippen molar-refractivity contribution >= 4 is 34.5 Å². The zero-order chi connectivity index (χ0) is 28.8. The number of carbonyl (C=O) groups excluding carboxylic acids is 2. The van der Waals surface area contributed by atoms with E-state index in [2.05, 4.69) is 21.8 Å². The number of para-hydroxylation sites is 1. The number of hydrogen-bond acceptors (Lipinski definition) is 4. The Hall–Kier alpha value is -3.14. The van der Waals surface area contributed by atoms with E-state index in [-0.39, 0.29) is 48.7 Å². The van der Waals surface area contributed by atoms with Gasteiger partial charge in [-0.25, -0.2) is 8.78 Å². The number of benzene rings is 1. The summed E-state index contributed by atoms with van der Waals surface area (Å²) >= 11 is 1.48. The average molecular weight is 571 g/mol. The molecule has 2 amide bonds. The third-order valence-corrected chi connectivity index (χ3v) is 9.44. The first-order chi connectivity index (χ1) is 19.0. The summed E-state index contributed by atoms with van der Waals surface area (Å²) in [5.74, 6) is -3.35. The van der Waals surface area contributed by atoms with E-state index in [4.69, 9.17) is 0 Å². The summed E-state index contributed by atoms with van der Waals surface area (Å²) in [5, 5.41) is 3.83. The molecule has 2 aromatic heterocycles. The zero-order valence-corrected chi connectivity index (χ0v) is 24.2. The van der Waals surface area contributed by atoms with Crippen LogP contribution in [0.25, 0.3) is 10.9 Å². The summed E-state index contributed by atoms with van der Waals surface area (Å²) in [6.07, 6.45) is 2.79. The maximum Gasteiger partial charge on any atom is 0.254 e. The second-order valence-corrected chi connectivity index (χ2v) is 12.1. The van der Waals surface area contributed by atoms with Gasteiger partial charge in [0.05, 0.1) is 5.56 Å². The van der Waals surface area contributed by atoms with Gasteiger partial charge in [-0.15, -0.1) is 11.8 Å². The number of pyridine rings is 1. The van der Waals surface area contributed by atoms with Gasteiger partial charge in [-0.1, -0.05) is 18.2 Å². The lowest BCUT2D eigenvalue weighted by molar-refractivity contribution is -0.161. The lowest BCUT2D eigenvalue weighted by atomic mass is 9.79. The molecule has 5 rings (SSSR count). The molecule has 7 nitrogen and oxygen atoms in total. The molecular weight excluding hydrogens is 534 g/mol. The fraction of sp³-hybridized carbons (Fsp3) is 0.500.